The molecule has 0 saturated carbocycles. The smallest absolute Gasteiger partial charge is 0.329 e. The lowest BCUT2D eigenvalue weighted by atomic mass is 9.97. The van der Waals surface area contributed by atoms with Gasteiger partial charge in [0.15, 0.2) is 11.6 Å². The summed E-state index contributed by atoms with van der Waals surface area (Å²) < 4.78 is 33.9. The largest absolute Gasteiger partial charge is 0.491 e. The maximum Gasteiger partial charge on any atom is 0.329 e. The van der Waals surface area contributed by atoms with Crippen LogP contribution in [0, 0.1) is 13.8 Å². The van der Waals surface area contributed by atoms with Crippen molar-refractivity contribution in [3.05, 3.63) is 209 Å². The van der Waals surface area contributed by atoms with Gasteiger partial charge in [0.2, 0.25) is 0 Å². The van der Waals surface area contributed by atoms with Gasteiger partial charge in [0.05, 0.1) is 95.0 Å². The third-order valence-corrected chi connectivity index (χ3v) is 13.7. The number of nitrogens with zero attached hydrogens (tertiary/aromatic N) is 4. The summed E-state index contributed by atoms with van der Waals surface area (Å²) in [5.41, 5.74) is 4.25. The van der Waals surface area contributed by atoms with E-state index in [1.54, 1.807) is 0 Å². The van der Waals surface area contributed by atoms with Gasteiger partial charge in [-0.3, -0.25) is 28.8 Å². The Morgan fingerprint density at radius 1 is 0.469 bits per heavy atom. The van der Waals surface area contributed by atoms with Crippen LogP contribution < -0.4 is 32.0 Å². The van der Waals surface area contributed by atoms with Crippen LogP contribution in [0.2, 0.25) is 0 Å². The van der Waals surface area contributed by atoms with Crippen LogP contribution in [-0.2, 0) is 36.9 Å². The van der Waals surface area contributed by atoms with Crippen molar-refractivity contribution in [2.45, 2.75) is 26.9 Å². The highest BCUT2D eigenvalue weighted by Crippen LogP contribution is 2.36. The van der Waals surface area contributed by atoms with Gasteiger partial charge in [-0.1, -0.05) is 12.1 Å². The van der Waals surface area contributed by atoms with Crippen molar-refractivity contribution in [2.75, 3.05) is 52.9 Å². The van der Waals surface area contributed by atoms with E-state index in [4.69, 9.17) is 23.7 Å². The zero-order valence-electron chi connectivity index (χ0n) is 43.8. The summed E-state index contributed by atoms with van der Waals surface area (Å²) in [6, 6.07) is 34.7. The number of aliphatic carboxylic acids is 2. The van der Waals surface area contributed by atoms with Crippen LogP contribution in [0.3, 0.4) is 0 Å². The minimum atomic E-state index is -1.35. The normalized spacial score (nSPS) is 11.5. The van der Waals surface area contributed by atoms with Crippen LogP contribution >= 0.6 is 0 Å². The molecule has 6 aromatic heterocycles. The van der Waals surface area contributed by atoms with E-state index in [2.05, 4.69) is 9.97 Å². The Balaban J connectivity index is 0.652. The van der Waals surface area contributed by atoms with E-state index in [9.17, 15) is 48.6 Å². The van der Waals surface area contributed by atoms with E-state index in [0.29, 0.717) is 107 Å². The predicted molar refractivity (Wildman–Crippen MR) is 298 cm³/mol. The Morgan fingerprint density at radius 3 is 1.21 bits per heavy atom. The van der Waals surface area contributed by atoms with Crippen molar-refractivity contribution in [1.82, 2.24) is 27.9 Å². The first-order valence-corrected chi connectivity index (χ1v) is 25.6. The first-order valence-electron chi connectivity index (χ1n) is 25.6. The predicted octanol–water partition coefficient (Wildman–Crippen LogP) is 6.29. The van der Waals surface area contributed by atoms with Crippen molar-refractivity contribution in [3.8, 4) is 34.0 Å². The zero-order valence-corrected chi connectivity index (χ0v) is 43.8. The molecule has 0 amide bonds. The number of hydrogen-bond acceptors (Lipinski definition) is 13. The van der Waals surface area contributed by atoms with Crippen molar-refractivity contribution in [1.29, 1.82) is 0 Å². The number of fused-ring (bicyclic) bond motifs is 4. The van der Waals surface area contributed by atoms with Crippen LogP contribution in [0.25, 0.3) is 55.4 Å². The SMILES string of the molecule is Cc1c(C(=O)c2ccc3[nH]c(=O)n(CC(=O)O)c(=O)c3c2)c2ccccn2c1-c1ccc(OCCOCCOCCOCCOc2ccc(-c3c(C)c(C(=O)c4ccc5[nH]c(=O)n(CC(=O)O)c(=O)c5c4)c4ccccn34)cc2)cc1. The maximum atomic E-state index is 14.2. The van der Waals surface area contributed by atoms with Crippen molar-refractivity contribution < 1.29 is 53.1 Å². The highest BCUT2D eigenvalue weighted by molar-refractivity contribution is 6.17. The Bertz CT molecular complexity index is 4060. The second kappa shape index (κ2) is 23.6. The highest BCUT2D eigenvalue weighted by atomic mass is 16.6. The van der Waals surface area contributed by atoms with Crippen molar-refractivity contribution in [2.24, 2.45) is 0 Å². The van der Waals surface area contributed by atoms with Crippen LogP contribution in [0.4, 0.5) is 0 Å². The Hall–Kier alpha value is -9.96. The summed E-state index contributed by atoms with van der Waals surface area (Å²) in [5, 5.41) is 18.5. The van der Waals surface area contributed by atoms with Gasteiger partial charge in [0.25, 0.3) is 11.1 Å². The van der Waals surface area contributed by atoms with Crippen LogP contribution in [0.1, 0.15) is 43.0 Å². The lowest BCUT2D eigenvalue weighted by Gasteiger charge is -2.10. The molecule has 4 N–H and O–H groups in total. The fraction of sp³-hybridized carbons (Fsp3) is 0.200. The van der Waals surface area contributed by atoms with Crippen LogP contribution in [0.5, 0.6) is 11.5 Å². The molecule has 81 heavy (non-hydrogen) atoms. The number of aromatic nitrogens is 6. The summed E-state index contributed by atoms with van der Waals surface area (Å²) in [6.07, 6.45) is 3.73. The molecule has 10 rings (SSSR count). The van der Waals surface area contributed by atoms with Gasteiger partial charge in [-0.15, -0.1) is 0 Å². The van der Waals surface area contributed by atoms with Gasteiger partial charge in [-0.2, -0.15) is 0 Å². The molecule has 4 aromatic carbocycles. The first kappa shape index (κ1) is 54.4. The van der Waals surface area contributed by atoms with E-state index in [1.165, 1.54) is 36.4 Å². The van der Waals surface area contributed by atoms with E-state index < -0.39 is 47.5 Å². The molecule has 10 aromatic rings. The van der Waals surface area contributed by atoms with Crippen molar-refractivity contribution >= 4 is 56.3 Å². The van der Waals surface area contributed by atoms with Gasteiger partial charge >= 0.3 is 23.3 Å². The molecule has 0 unspecified atom stereocenters. The Morgan fingerprint density at radius 2 is 0.840 bits per heavy atom. The number of ether oxygens (including phenoxy) is 5. The number of H-pyrrole nitrogens is 2. The summed E-state index contributed by atoms with van der Waals surface area (Å²) >= 11 is 0. The number of carbonyl (C=O) groups is 4. The molecule has 412 valence electrons. The molecule has 0 saturated heterocycles. The molecule has 0 aliphatic carbocycles. The monoisotopic (exact) mass is 1100 g/mol. The minimum Gasteiger partial charge on any atom is -0.491 e. The number of carboxylic acid groups (broad SMARTS) is 2. The second-order valence-corrected chi connectivity index (χ2v) is 18.8. The summed E-state index contributed by atoms with van der Waals surface area (Å²) in [6.45, 7) is 4.76. The second-order valence-electron chi connectivity index (χ2n) is 18.8. The molecule has 0 aliphatic rings. The first-order chi connectivity index (χ1) is 39.2. The molecule has 6 heterocycles. The Kier molecular flexibility index (Phi) is 15.8. The van der Waals surface area contributed by atoms with E-state index in [0.717, 1.165) is 22.5 Å². The van der Waals surface area contributed by atoms with Crippen LogP contribution in [-0.4, -0.2) is 114 Å². The van der Waals surface area contributed by atoms with Gasteiger partial charge in [0, 0.05) is 23.5 Å². The average molecular weight is 1100 g/mol. The molecule has 0 aliphatic heterocycles. The number of ketones is 2. The van der Waals surface area contributed by atoms with E-state index in [-0.39, 0.29) is 44.5 Å². The fourth-order valence-electron chi connectivity index (χ4n) is 9.98. The molecule has 0 fully saturated rings. The molecule has 21 nitrogen and oxygen atoms in total. The highest BCUT2D eigenvalue weighted by Gasteiger charge is 2.26. The number of aromatic amines is 2. The molecule has 0 spiro atoms. The molecule has 0 bridgehead atoms. The van der Waals surface area contributed by atoms with Gasteiger partial charge in [-0.25, -0.2) is 18.7 Å². The number of pyridine rings is 2. The van der Waals surface area contributed by atoms with E-state index >= 15 is 0 Å². The van der Waals surface area contributed by atoms with Crippen molar-refractivity contribution in [3.63, 3.8) is 0 Å². The number of benzene rings is 4. The number of carboxylic acids is 2. The number of hydrogen-bond donors (Lipinski definition) is 4. The molecule has 0 atom stereocenters. The van der Waals surface area contributed by atoms with Gasteiger partial charge in [0.1, 0.15) is 37.8 Å². The number of rotatable bonds is 24. The summed E-state index contributed by atoms with van der Waals surface area (Å²) in [7, 11) is 0. The topological polar surface area (TPSA) is 273 Å². The third-order valence-electron chi connectivity index (χ3n) is 13.7. The van der Waals surface area contributed by atoms with E-state index in [1.807, 2.05) is 120 Å². The lowest BCUT2D eigenvalue weighted by Crippen LogP contribution is -2.37. The van der Waals surface area contributed by atoms with Gasteiger partial charge in [-0.05, 0) is 145 Å². The molecule has 0 radical (unpaired) electrons. The zero-order chi connectivity index (χ0) is 56.9. The lowest BCUT2D eigenvalue weighted by molar-refractivity contribution is -0.138. The van der Waals surface area contributed by atoms with Crippen LogP contribution in [0.15, 0.2) is 153 Å². The fourth-order valence-corrected chi connectivity index (χ4v) is 9.98. The quantitative estimate of drug-likeness (QED) is 0.0383. The third kappa shape index (κ3) is 11.2. The van der Waals surface area contributed by atoms with Gasteiger partial charge < -0.3 is 52.7 Å². The molecule has 21 heteroatoms. The minimum absolute atomic E-state index is 0.0155. The molecular weight excluding hydrogens is 1040 g/mol. The summed E-state index contributed by atoms with van der Waals surface area (Å²) in [5.74, 6) is -2.15. The Labute approximate surface area is 458 Å². The molecular formula is C60H52N6O15. The summed E-state index contributed by atoms with van der Waals surface area (Å²) in [4.78, 5) is 107. The standard InChI is InChI=1S/C60H52N6O15/c1-35-51(55(71)39-13-19-45-43(31-39)57(73)65(33-49(67)68)59(75)61-45)47-7-3-5-21-63(47)53(35)37-9-15-41(16-10-37)80-29-27-78-25-23-77-24-26-79-28-30-81-42-17-11-38(12-18-42)54-36(2)52(48-8-4-6-22-64(48)54)56(72)40-14-20-46-44(32-40)58(74)66(34-50(69)70)60(76)62-46/h3-22,31-32H,23-30,33-34H2,1-2H3,(H,61,75)(H,62,76)(H,67,68)(H,69,70). The number of carbonyl (C=O) groups excluding carboxylic acids is 2. The number of nitrogens with one attached hydrogen (secondary N) is 2. The average Bonchev–Trinajstić information content (AvgIpc) is 4.20. The maximum absolute atomic E-state index is 14.2.